The van der Waals surface area contributed by atoms with Gasteiger partial charge in [-0.25, -0.2) is 0 Å². The summed E-state index contributed by atoms with van der Waals surface area (Å²) < 4.78 is 24.1. The van der Waals surface area contributed by atoms with Gasteiger partial charge in [-0.15, -0.1) is 0 Å². The summed E-state index contributed by atoms with van der Waals surface area (Å²) in [5, 5.41) is 8.40. The van der Waals surface area contributed by atoms with Crippen molar-refractivity contribution < 1.29 is 50.5 Å². The molecule has 0 aromatic carbocycles. The number of hydrogen-bond acceptors (Lipinski definition) is 7. The monoisotopic (exact) mass is 293 g/mol. The van der Waals surface area contributed by atoms with Crippen molar-refractivity contribution in [3.05, 3.63) is 0 Å². The molecule has 2 atom stereocenters. The van der Waals surface area contributed by atoms with Crippen molar-refractivity contribution in [2.24, 2.45) is 0 Å². The van der Waals surface area contributed by atoms with Gasteiger partial charge in [-0.3, -0.25) is 0 Å². The zero-order valence-electron chi connectivity index (χ0n) is 5.81. The minimum atomic E-state index is -5.61. The van der Waals surface area contributed by atoms with E-state index in [2.05, 4.69) is 4.52 Å². The van der Waals surface area contributed by atoms with E-state index in [4.69, 9.17) is 16.7 Å². The molecule has 0 aromatic heterocycles. The summed E-state index contributed by atoms with van der Waals surface area (Å²) in [5.74, 6) is 0. The Bertz CT molecular complexity index is 239. The fourth-order valence-corrected chi connectivity index (χ4v) is 2.57. The predicted octanol–water partition coefficient (Wildman–Crippen LogP) is -2.06. The van der Waals surface area contributed by atoms with Crippen molar-refractivity contribution in [3.8, 4) is 0 Å². The second kappa shape index (κ2) is 5.83. The van der Waals surface area contributed by atoms with E-state index in [1.54, 1.807) is 0 Å². The Morgan fingerprint density at radius 1 is 1.38 bits per heavy atom. The molecule has 11 heteroatoms. The van der Waals surface area contributed by atoms with Crippen LogP contribution in [-0.4, -0.2) is 16.8 Å². The average molecular weight is 293 g/mol. The van der Waals surface area contributed by atoms with Gasteiger partial charge in [0.2, 0.25) is 0 Å². The molecule has 0 saturated carbocycles. The largest absolute Gasteiger partial charge is 3.00 e. The summed E-state index contributed by atoms with van der Waals surface area (Å²) in [4.78, 5) is 30.4. The summed E-state index contributed by atoms with van der Waals surface area (Å²) in [6, 6.07) is -0.863. The Balaban J connectivity index is 0. The van der Waals surface area contributed by atoms with E-state index >= 15 is 0 Å². The second-order valence-corrected chi connectivity index (χ2v) is 5.69. The Morgan fingerprint density at radius 3 is 2.00 bits per heavy atom. The van der Waals surface area contributed by atoms with Crippen LogP contribution in [0.25, 0.3) is 0 Å². The zero-order chi connectivity index (χ0) is 9.99. The maximum absolute atomic E-state index is 10.5. The molecule has 0 amide bonds. The number of aliphatic hydroxyl groups excluding tert-OH is 1. The average Bonchev–Trinajstić information content (AvgIpc) is 1.84. The van der Waals surface area contributed by atoms with Gasteiger partial charge in [0.05, 0.1) is 0 Å². The molecule has 0 heterocycles. The van der Waals surface area contributed by atoms with E-state index in [0.717, 1.165) is 0 Å². The van der Waals surface area contributed by atoms with Gasteiger partial charge in [-0.1, -0.05) is 11.6 Å². The van der Waals surface area contributed by atoms with Crippen molar-refractivity contribution in [2.45, 2.75) is 5.59 Å². The number of alkyl halides is 1. The smallest absolute Gasteiger partial charge is 0.809 e. The van der Waals surface area contributed by atoms with E-state index in [1.807, 2.05) is 0 Å². The Morgan fingerprint density at radius 2 is 1.77 bits per heavy atom. The molecule has 79 valence electrons. The molecule has 0 spiro atoms. The van der Waals surface area contributed by atoms with Gasteiger partial charge in [0.15, 0.2) is 7.60 Å². The van der Waals surface area contributed by atoms with Gasteiger partial charge in [0.1, 0.15) is 11.7 Å². The molecule has 0 aliphatic heterocycles. The normalized spacial score (nSPS) is 18.5. The quantitative estimate of drug-likeness (QED) is 0.358. The van der Waals surface area contributed by atoms with Crippen molar-refractivity contribution >= 4 is 26.8 Å². The molecular weight excluding hydrogens is 289 g/mol. The fourth-order valence-electron chi connectivity index (χ4n) is 0.308. The van der Waals surface area contributed by atoms with Crippen molar-refractivity contribution in [1.82, 2.24) is 0 Å². The van der Waals surface area contributed by atoms with Crippen LogP contribution in [0.1, 0.15) is 0 Å². The van der Waals surface area contributed by atoms with E-state index in [0.29, 0.717) is 0 Å². The number of hydrogen-bond donors (Lipinski definition) is 1. The van der Waals surface area contributed by atoms with Crippen LogP contribution in [0.2, 0.25) is 0 Å². The van der Waals surface area contributed by atoms with Crippen molar-refractivity contribution in [2.75, 3.05) is 6.07 Å². The minimum absolute atomic E-state index is 0. The molecule has 0 fully saturated rings. The van der Waals surface area contributed by atoms with E-state index in [-0.39, 0.29) is 17.1 Å². The van der Waals surface area contributed by atoms with Gasteiger partial charge >= 0.3 is 17.1 Å². The Kier molecular flexibility index (Phi) is 7.40. The molecule has 2 unspecified atom stereocenters. The van der Waals surface area contributed by atoms with Crippen LogP contribution in [0.15, 0.2) is 0 Å². The van der Waals surface area contributed by atoms with E-state index in [9.17, 15) is 23.8 Å². The van der Waals surface area contributed by atoms with Gasteiger partial charge < -0.3 is 33.4 Å². The summed E-state index contributed by atoms with van der Waals surface area (Å²) in [7, 11) is -10.7. The standard InChI is InChI=1S/C2H7ClO7P2.Fe/c3-1-10-12(8,9)2(4)11(5,6)7;/h2,4H,1H2,(H,8,9)(H2,5,6,7);/q;+3/p-3. The molecule has 7 nitrogen and oxygen atoms in total. The molecule has 0 aliphatic carbocycles. The van der Waals surface area contributed by atoms with Gasteiger partial charge in [-0.2, -0.15) is 0 Å². The molecule has 0 saturated heterocycles. The van der Waals surface area contributed by atoms with E-state index < -0.39 is 26.8 Å². The number of aliphatic hydroxyl groups is 1. The molecule has 1 radical (unpaired) electrons. The third-order valence-corrected chi connectivity index (χ3v) is 4.37. The van der Waals surface area contributed by atoms with Crippen LogP contribution in [0, 0.1) is 0 Å². The molecule has 0 bridgehead atoms. The molecule has 1 N–H and O–H groups in total. The first kappa shape index (κ1) is 16.5. The number of rotatable bonds is 4. The first-order valence-electron chi connectivity index (χ1n) is 2.43. The maximum atomic E-state index is 10.5. The fraction of sp³-hybridized carbons (Fsp3) is 1.00. The van der Waals surface area contributed by atoms with Gasteiger partial charge in [0, 0.05) is 0 Å². The Labute approximate surface area is 89.2 Å². The second-order valence-electron chi connectivity index (χ2n) is 1.66. The predicted molar refractivity (Wildman–Crippen MR) is 33.0 cm³/mol. The molecule has 0 rings (SSSR count). The summed E-state index contributed by atoms with van der Waals surface area (Å²) >= 11 is 4.78. The van der Waals surface area contributed by atoms with Crippen molar-refractivity contribution in [3.63, 3.8) is 0 Å². The van der Waals surface area contributed by atoms with Crippen LogP contribution in [0.3, 0.4) is 0 Å². The van der Waals surface area contributed by atoms with Crippen LogP contribution >= 0.6 is 26.8 Å². The van der Waals surface area contributed by atoms with Crippen LogP contribution in [0.5, 0.6) is 0 Å². The first-order chi connectivity index (χ1) is 5.22. The molecular formula is C2H4ClFeO7P2. The van der Waals surface area contributed by atoms with Gasteiger partial charge in [0.25, 0.3) is 0 Å². The third-order valence-electron chi connectivity index (χ3n) is 0.794. The topological polar surface area (TPSA) is 133 Å². The van der Waals surface area contributed by atoms with Crippen LogP contribution in [0.4, 0.5) is 0 Å². The van der Waals surface area contributed by atoms with Crippen molar-refractivity contribution in [1.29, 1.82) is 0 Å². The summed E-state index contributed by atoms with van der Waals surface area (Å²) in [6.07, 6.45) is 0. The number of halogens is 1. The third kappa shape index (κ3) is 5.50. The van der Waals surface area contributed by atoms with Crippen LogP contribution in [-0.2, 0) is 30.7 Å². The summed E-state index contributed by atoms with van der Waals surface area (Å²) in [6.45, 7) is 0. The first-order valence-corrected chi connectivity index (χ1v) is 6.18. The molecule has 0 aromatic rings. The van der Waals surface area contributed by atoms with E-state index in [1.165, 1.54) is 0 Å². The maximum Gasteiger partial charge on any atom is 3.00 e. The molecule has 0 aliphatic rings. The molecule has 13 heavy (non-hydrogen) atoms. The Hall–Kier alpha value is 1.07. The zero-order valence-corrected chi connectivity index (χ0v) is 9.46. The van der Waals surface area contributed by atoms with Crippen LogP contribution < -0.4 is 14.7 Å². The minimum Gasteiger partial charge on any atom is -0.809 e. The SMILES string of the molecule is O=P([O-])([O-])C(O)P(=O)([O-])OCCl.[Fe+3]. The van der Waals surface area contributed by atoms with Gasteiger partial charge in [-0.05, 0) is 7.60 Å². The summed E-state index contributed by atoms with van der Waals surface area (Å²) in [5.41, 5.74) is -3.08.